The fourth-order valence-electron chi connectivity index (χ4n) is 3.18. The maximum Gasteiger partial charge on any atom is 0.263 e. The number of nitrogens with one attached hydrogen (secondary N) is 1. The van der Waals surface area contributed by atoms with Gasteiger partial charge in [0.05, 0.1) is 23.9 Å². The molecule has 3 aromatic rings. The summed E-state index contributed by atoms with van der Waals surface area (Å²) in [4.78, 5) is 8.40. The summed E-state index contributed by atoms with van der Waals surface area (Å²) in [7, 11) is -2.54. The summed E-state index contributed by atoms with van der Waals surface area (Å²) < 4.78 is 34.0. The highest BCUT2D eigenvalue weighted by atomic mass is 32.2. The van der Waals surface area contributed by atoms with Gasteiger partial charge >= 0.3 is 0 Å². The molecule has 8 heteroatoms. The van der Waals surface area contributed by atoms with E-state index in [0.29, 0.717) is 22.9 Å². The average molecular weight is 427 g/mol. The summed E-state index contributed by atoms with van der Waals surface area (Å²) in [5, 5.41) is 0. The Hall–Kier alpha value is -3.13. The lowest BCUT2D eigenvalue weighted by Gasteiger charge is -2.15. The van der Waals surface area contributed by atoms with Crippen LogP contribution in [0.4, 0.5) is 11.5 Å². The number of nitrogens with two attached hydrogens (primary N) is 1. The van der Waals surface area contributed by atoms with Crippen LogP contribution in [0.5, 0.6) is 5.88 Å². The number of nitrogen functional groups attached to an aromatic ring is 1. The molecule has 3 N–H and O–H groups in total. The van der Waals surface area contributed by atoms with Gasteiger partial charge in [0.2, 0.25) is 5.82 Å². The van der Waals surface area contributed by atoms with E-state index >= 15 is 0 Å². The van der Waals surface area contributed by atoms with Crippen LogP contribution in [0.1, 0.15) is 25.1 Å². The number of nitrogens with zero attached hydrogens (tertiary/aromatic N) is 2. The Labute approximate surface area is 177 Å². The molecule has 30 heavy (non-hydrogen) atoms. The number of benzene rings is 2. The number of aryl methyl sites for hydroxylation is 1. The van der Waals surface area contributed by atoms with Crippen molar-refractivity contribution in [3.63, 3.8) is 0 Å². The van der Waals surface area contributed by atoms with E-state index in [9.17, 15) is 8.42 Å². The van der Waals surface area contributed by atoms with Crippen LogP contribution in [-0.2, 0) is 16.4 Å². The molecule has 0 atom stereocenters. The standard InChI is InChI=1S/C22H26N4O3S/c1-14(2)11-17-10-9-16(12-19(17)23)18-7-5-6-8-20(18)30(27,28)26-21-22(29-4)25-15(3)13-24-21/h5-10,12-14H,11,23H2,1-4H3,(H,24,26). The van der Waals surface area contributed by atoms with Crippen molar-refractivity contribution in [3.8, 4) is 17.0 Å². The summed E-state index contributed by atoms with van der Waals surface area (Å²) in [6.07, 6.45) is 2.33. The van der Waals surface area contributed by atoms with Crippen LogP contribution in [0.15, 0.2) is 53.6 Å². The third kappa shape index (κ3) is 4.71. The van der Waals surface area contributed by atoms with Crippen molar-refractivity contribution >= 4 is 21.5 Å². The molecule has 1 heterocycles. The lowest BCUT2D eigenvalue weighted by atomic mass is 9.97. The van der Waals surface area contributed by atoms with Crippen molar-refractivity contribution in [3.05, 3.63) is 59.9 Å². The van der Waals surface area contributed by atoms with E-state index in [1.165, 1.54) is 13.3 Å². The zero-order valence-electron chi connectivity index (χ0n) is 17.5. The van der Waals surface area contributed by atoms with Crippen LogP contribution in [0.2, 0.25) is 0 Å². The summed E-state index contributed by atoms with van der Waals surface area (Å²) >= 11 is 0. The number of methoxy groups -OCH3 is 1. The van der Waals surface area contributed by atoms with Crippen molar-refractivity contribution in [2.45, 2.75) is 32.1 Å². The van der Waals surface area contributed by atoms with Crippen LogP contribution >= 0.6 is 0 Å². The largest absolute Gasteiger partial charge is 0.478 e. The molecule has 0 aliphatic carbocycles. The van der Waals surface area contributed by atoms with Gasteiger partial charge in [-0.05, 0) is 42.5 Å². The van der Waals surface area contributed by atoms with Crippen LogP contribution in [0.3, 0.4) is 0 Å². The molecular formula is C22H26N4O3S. The van der Waals surface area contributed by atoms with E-state index in [1.807, 2.05) is 18.2 Å². The second-order valence-corrected chi connectivity index (χ2v) is 9.13. The SMILES string of the molecule is COc1nc(C)cnc1NS(=O)(=O)c1ccccc1-c1ccc(CC(C)C)c(N)c1. The van der Waals surface area contributed by atoms with Crippen LogP contribution in [-0.4, -0.2) is 25.5 Å². The molecule has 0 saturated heterocycles. The first-order chi connectivity index (χ1) is 14.2. The van der Waals surface area contributed by atoms with E-state index in [-0.39, 0.29) is 16.6 Å². The molecule has 0 spiro atoms. The highest BCUT2D eigenvalue weighted by Gasteiger charge is 2.22. The van der Waals surface area contributed by atoms with Gasteiger partial charge in [-0.3, -0.25) is 4.72 Å². The van der Waals surface area contributed by atoms with Crippen LogP contribution in [0, 0.1) is 12.8 Å². The minimum Gasteiger partial charge on any atom is -0.478 e. The van der Waals surface area contributed by atoms with Crippen molar-refractivity contribution in [1.29, 1.82) is 0 Å². The van der Waals surface area contributed by atoms with Gasteiger partial charge in [0.15, 0.2) is 0 Å². The van der Waals surface area contributed by atoms with Gasteiger partial charge in [0.1, 0.15) is 0 Å². The molecule has 0 amide bonds. The lowest BCUT2D eigenvalue weighted by molar-refractivity contribution is 0.397. The minimum atomic E-state index is -3.95. The van der Waals surface area contributed by atoms with Gasteiger partial charge in [-0.2, -0.15) is 0 Å². The summed E-state index contributed by atoms with van der Waals surface area (Å²) in [5.41, 5.74) is 9.83. The molecule has 2 aromatic carbocycles. The molecule has 0 bridgehead atoms. The fourth-order valence-corrected chi connectivity index (χ4v) is 4.42. The van der Waals surface area contributed by atoms with Gasteiger partial charge < -0.3 is 10.5 Å². The quantitative estimate of drug-likeness (QED) is 0.552. The van der Waals surface area contributed by atoms with E-state index in [4.69, 9.17) is 10.5 Å². The number of hydrogen-bond donors (Lipinski definition) is 2. The summed E-state index contributed by atoms with van der Waals surface area (Å²) in [6, 6.07) is 12.4. The molecular weight excluding hydrogens is 400 g/mol. The molecule has 0 saturated carbocycles. The molecule has 7 nitrogen and oxygen atoms in total. The van der Waals surface area contributed by atoms with Crippen molar-refractivity contribution < 1.29 is 13.2 Å². The first-order valence-corrected chi connectivity index (χ1v) is 11.1. The number of sulfonamides is 1. The lowest BCUT2D eigenvalue weighted by Crippen LogP contribution is -2.16. The van der Waals surface area contributed by atoms with Crippen molar-refractivity contribution in [2.24, 2.45) is 5.92 Å². The fraction of sp³-hybridized carbons (Fsp3) is 0.273. The van der Waals surface area contributed by atoms with Crippen LogP contribution in [0.25, 0.3) is 11.1 Å². The second kappa shape index (κ2) is 8.71. The Morgan fingerprint density at radius 3 is 2.57 bits per heavy atom. The molecule has 0 unspecified atom stereocenters. The van der Waals surface area contributed by atoms with Crippen LogP contribution < -0.4 is 15.2 Å². The van der Waals surface area contributed by atoms with E-state index in [0.717, 1.165) is 17.5 Å². The Bertz CT molecular complexity index is 1160. The molecule has 158 valence electrons. The monoisotopic (exact) mass is 426 g/mol. The third-order valence-corrected chi connectivity index (χ3v) is 5.94. The Balaban J connectivity index is 2.02. The molecule has 1 aromatic heterocycles. The molecule has 0 aliphatic rings. The van der Waals surface area contributed by atoms with Gasteiger partial charge in [0, 0.05) is 11.3 Å². The van der Waals surface area contributed by atoms with Gasteiger partial charge in [0.25, 0.3) is 15.9 Å². The number of rotatable bonds is 7. The Morgan fingerprint density at radius 1 is 1.17 bits per heavy atom. The first kappa shape index (κ1) is 21.6. The number of anilines is 2. The normalized spacial score (nSPS) is 11.5. The summed E-state index contributed by atoms with van der Waals surface area (Å²) in [6.45, 7) is 6.00. The predicted molar refractivity (Wildman–Crippen MR) is 119 cm³/mol. The number of ether oxygens (including phenoxy) is 1. The molecule has 0 fully saturated rings. The Morgan fingerprint density at radius 2 is 1.90 bits per heavy atom. The van der Waals surface area contributed by atoms with Crippen molar-refractivity contribution in [1.82, 2.24) is 9.97 Å². The maximum absolute atomic E-state index is 13.2. The highest BCUT2D eigenvalue weighted by molar-refractivity contribution is 7.92. The first-order valence-electron chi connectivity index (χ1n) is 9.59. The zero-order valence-corrected chi connectivity index (χ0v) is 18.3. The third-order valence-electron chi connectivity index (χ3n) is 4.55. The predicted octanol–water partition coefficient (Wildman–Crippen LogP) is 4.04. The molecule has 3 rings (SSSR count). The summed E-state index contributed by atoms with van der Waals surface area (Å²) in [5.74, 6) is 0.614. The second-order valence-electron chi connectivity index (χ2n) is 7.48. The minimum absolute atomic E-state index is 0.0321. The van der Waals surface area contributed by atoms with E-state index in [1.54, 1.807) is 31.2 Å². The van der Waals surface area contributed by atoms with Gasteiger partial charge in [-0.25, -0.2) is 18.4 Å². The number of aromatic nitrogens is 2. The molecule has 0 radical (unpaired) electrons. The topological polar surface area (TPSA) is 107 Å². The van der Waals surface area contributed by atoms with Gasteiger partial charge in [-0.1, -0.05) is 44.2 Å². The Kier molecular flexibility index (Phi) is 6.26. The zero-order chi connectivity index (χ0) is 21.9. The smallest absolute Gasteiger partial charge is 0.263 e. The maximum atomic E-state index is 13.2. The highest BCUT2D eigenvalue weighted by Crippen LogP contribution is 2.32. The molecule has 0 aliphatic heterocycles. The van der Waals surface area contributed by atoms with E-state index in [2.05, 4.69) is 28.5 Å². The van der Waals surface area contributed by atoms with E-state index < -0.39 is 10.0 Å². The number of hydrogen-bond acceptors (Lipinski definition) is 6. The van der Waals surface area contributed by atoms with Crippen molar-refractivity contribution in [2.75, 3.05) is 17.6 Å². The average Bonchev–Trinajstić information content (AvgIpc) is 2.70. The van der Waals surface area contributed by atoms with Gasteiger partial charge in [-0.15, -0.1) is 0 Å².